The van der Waals surface area contributed by atoms with Gasteiger partial charge >= 0.3 is 0 Å². The Balaban J connectivity index is 2.05. The van der Waals surface area contributed by atoms with E-state index in [-0.39, 0.29) is 17.6 Å². The SMILES string of the molecule is CC1(C)COC(CN)CN1C(=O)C1CCCCC1. The van der Waals surface area contributed by atoms with Crippen molar-refractivity contribution in [1.29, 1.82) is 0 Å². The number of carbonyl (C=O) groups is 1. The average Bonchev–Trinajstić information content (AvgIpc) is 2.39. The summed E-state index contributed by atoms with van der Waals surface area (Å²) in [5.74, 6) is 0.552. The molecule has 4 nitrogen and oxygen atoms in total. The highest BCUT2D eigenvalue weighted by atomic mass is 16.5. The van der Waals surface area contributed by atoms with E-state index in [2.05, 4.69) is 13.8 Å². The average molecular weight is 254 g/mol. The van der Waals surface area contributed by atoms with Gasteiger partial charge in [-0.15, -0.1) is 0 Å². The van der Waals surface area contributed by atoms with Crippen LogP contribution in [0.2, 0.25) is 0 Å². The third kappa shape index (κ3) is 2.86. The molecule has 2 aliphatic rings. The Morgan fingerprint density at radius 1 is 1.33 bits per heavy atom. The van der Waals surface area contributed by atoms with Gasteiger partial charge in [0.15, 0.2) is 0 Å². The molecule has 1 aliphatic heterocycles. The van der Waals surface area contributed by atoms with Crippen LogP contribution < -0.4 is 5.73 Å². The third-order valence-corrected chi connectivity index (χ3v) is 4.27. The zero-order valence-electron chi connectivity index (χ0n) is 11.7. The molecule has 1 atom stereocenters. The summed E-state index contributed by atoms with van der Waals surface area (Å²) in [5, 5.41) is 0. The molecule has 1 saturated carbocycles. The molecule has 2 N–H and O–H groups in total. The van der Waals surface area contributed by atoms with Crippen molar-refractivity contribution < 1.29 is 9.53 Å². The van der Waals surface area contributed by atoms with E-state index >= 15 is 0 Å². The van der Waals surface area contributed by atoms with Crippen molar-refractivity contribution in [1.82, 2.24) is 4.90 Å². The Kier molecular flexibility index (Phi) is 4.28. The van der Waals surface area contributed by atoms with Crippen molar-refractivity contribution in [2.75, 3.05) is 19.7 Å². The Hall–Kier alpha value is -0.610. The van der Waals surface area contributed by atoms with Gasteiger partial charge in [0, 0.05) is 19.0 Å². The molecule has 104 valence electrons. The lowest BCUT2D eigenvalue weighted by Gasteiger charge is -2.46. The molecule has 0 bridgehead atoms. The van der Waals surface area contributed by atoms with E-state index in [4.69, 9.17) is 10.5 Å². The first-order valence-electron chi connectivity index (χ1n) is 7.18. The third-order valence-electron chi connectivity index (χ3n) is 4.27. The molecule has 0 radical (unpaired) electrons. The molecule has 2 fully saturated rings. The maximum Gasteiger partial charge on any atom is 0.226 e. The smallest absolute Gasteiger partial charge is 0.226 e. The zero-order chi connectivity index (χ0) is 13.2. The number of hydrogen-bond acceptors (Lipinski definition) is 3. The molecule has 2 rings (SSSR count). The summed E-state index contributed by atoms with van der Waals surface area (Å²) >= 11 is 0. The van der Waals surface area contributed by atoms with Crippen LogP contribution in [0.4, 0.5) is 0 Å². The molecule has 0 aromatic carbocycles. The second-order valence-electron chi connectivity index (χ2n) is 6.26. The highest BCUT2D eigenvalue weighted by Crippen LogP contribution is 2.30. The van der Waals surface area contributed by atoms with Crippen LogP contribution in [0.25, 0.3) is 0 Å². The van der Waals surface area contributed by atoms with E-state index in [0.29, 0.717) is 25.6 Å². The minimum absolute atomic E-state index is 0.00515. The molecule has 0 aromatic rings. The number of ether oxygens (including phenoxy) is 1. The maximum absolute atomic E-state index is 12.7. The first kappa shape index (κ1) is 13.8. The second-order valence-corrected chi connectivity index (χ2v) is 6.26. The lowest BCUT2D eigenvalue weighted by molar-refractivity contribution is -0.158. The fourth-order valence-corrected chi connectivity index (χ4v) is 3.00. The van der Waals surface area contributed by atoms with Gasteiger partial charge in [-0.25, -0.2) is 0 Å². The molecule has 0 aromatic heterocycles. The molecular formula is C14H26N2O2. The quantitative estimate of drug-likeness (QED) is 0.813. The van der Waals surface area contributed by atoms with Crippen LogP contribution >= 0.6 is 0 Å². The molecule has 1 heterocycles. The molecule has 1 saturated heterocycles. The van der Waals surface area contributed by atoms with E-state index in [0.717, 1.165) is 12.8 Å². The molecular weight excluding hydrogens is 228 g/mol. The Bertz CT molecular complexity index is 298. The number of hydrogen-bond donors (Lipinski definition) is 1. The van der Waals surface area contributed by atoms with Gasteiger partial charge in [-0.05, 0) is 26.7 Å². The fourth-order valence-electron chi connectivity index (χ4n) is 3.00. The fraction of sp³-hybridized carbons (Fsp3) is 0.929. The number of carbonyl (C=O) groups excluding carboxylic acids is 1. The second kappa shape index (κ2) is 5.57. The molecule has 1 unspecified atom stereocenters. The molecule has 0 spiro atoms. The van der Waals surface area contributed by atoms with Crippen molar-refractivity contribution in [2.24, 2.45) is 11.7 Å². The van der Waals surface area contributed by atoms with E-state index in [9.17, 15) is 4.79 Å². The largest absolute Gasteiger partial charge is 0.373 e. The van der Waals surface area contributed by atoms with Crippen molar-refractivity contribution in [3.8, 4) is 0 Å². The van der Waals surface area contributed by atoms with Gasteiger partial charge in [0.1, 0.15) is 0 Å². The number of amides is 1. The lowest BCUT2D eigenvalue weighted by atomic mass is 9.86. The van der Waals surface area contributed by atoms with Crippen molar-refractivity contribution in [3.63, 3.8) is 0 Å². The first-order chi connectivity index (χ1) is 8.54. The van der Waals surface area contributed by atoms with Gasteiger partial charge < -0.3 is 15.4 Å². The van der Waals surface area contributed by atoms with E-state index in [1.54, 1.807) is 0 Å². The van der Waals surface area contributed by atoms with Crippen LogP contribution in [0.15, 0.2) is 0 Å². The standard InChI is InChI=1S/C14H26N2O2/c1-14(2)10-18-12(8-15)9-16(14)13(17)11-6-4-3-5-7-11/h11-12H,3-10,15H2,1-2H3. The van der Waals surface area contributed by atoms with Gasteiger partial charge in [-0.2, -0.15) is 0 Å². The number of nitrogens with zero attached hydrogens (tertiary/aromatic N) is 1. The number of nitrogens with two attached hydrogens (primary N) is 1. The Morgan fingerprint density at radius 3 is 2.61 bits per heavy atom. The summed E-state index contributed by atoms with van der Waals surface area (Å²) in [7, 11) is 0. The lowest BCUT2D eigenvalue weighted by Crippen LogP contribution is -2.60. The van der Waals surface area contributed by atoms with Crippen molar-refractivity contribution >= 4 is 5.91 Å². The number of morpholine rings is 1. The van der Waals surface area contributed by atoms with Gasteiger partial charge in [0.25, 0.3) is 0 Å². The predicted octanol–water partition coefficient (Wildman–Crippen LogP) is 1.53. The van der Waals surface area contributed by atoms with Crippen molar-refractivity contribution in [2.45, 2.75) is 57.6 Å². The first-order valence-corrected chi connectivity index (χ1v) is 7.18. The predicted molar refractivity (Wildman–Crippen MR) is 71.2 cm³/mol. The van der Waals surface area contributed by atoms with E-state index in [1.165, 1.54) is 19.3 Å². The topological polar surface area (TPSA) is 55.6 Å². The van der Waals surface area contributed by atoms with Gasteiger partial charge in [0.2, 0.25) is 5.91 Å². The summed E-state index contributed by atoms with van der Waals surface area (Å²) in [6.45, 7) is 5.90. The minimum atomic E-state index is -0.194. The zero-order valence-corrected chi connectivity index (χ0v) is 11.7. The van der Waals surface area contributed by atoms with Gasteiger partial charge in [-0.1, -0.05) is 19.3 Å². The van der Waals surface area contributed by atoms with Gasteiger partial charge in [-0.3, -0.25) is 4.79 Å². The van der Waals surface area contributed by atoms with Crippen LogP contribution in [0.5, 0.6) is 0 Å². The maximum atomic E-state index is 12.7. The van der Waals surface area contributed by atoms with Crippen LogP contribution in [0, 0.1) is 5.92 Å². The van der Waals surface area contributed by atoms with E-state index < -0.39 is 0 Å². The highest BCUT2D eigenvalue weighted by molar-refractivity contribution is 5.79. The molecule has 1 aliphatic carbocycles. The monoisotopic (exact) mass is 254 g/mol. The van der Waals surface area contributed by atoms with Crippen LogP contribution in [0.1, 0.15) is 46.0 Å². The summed E-state index contributed by atoms with van der Waals surface area (Å²) in [6, 6.07) is 0. The van der Waals surface area contributed by atoms with Crippen LogP contribution in [-0.2, 0) is 9.53 Å². The summed E-state index contributed by atoms with van der Waals surface area (Å²) in [4.78, 5) is 14.7. The highest BCUT2D eigenvalue weighted by Gasteiger charge is 2.40. The summed E-state index contributed by atoms with van der Waals surface area (Å²) in [6.07, 6.45) is 5.79. The molecule has 1 amide bonds. The minimum Gasteiger partial charge on any atom is -0.373 e. The Labute approximate surface area is 110 Å². The summed E-state index contributed by atoms with van der Waals surface area (Å²) < 4.78 is 5.69. The van der Waals surface area contributed by atoms with Crippen LogP contribution in [0.3, 0.4) is 0 Å². The molecule has 18 heavy (non-hydrogen) atoms. The van der Waals surface area contributed by atoms with Crippen LogP contribution in [-0.4, -0.2) is 42.1 Å². The van der Waals surface area contributed by atoms with Gasteiger partial charge in [0.05, 0.1) is 18.2 Å². The Morgan fingerprint density at radius 2 is 2.00 bits per heavy atom. The normalized spacial score (nSPS) is 29.3. The van der Waals surface area contributed by atoms with Crippen molar-refractivity contribution in [3.05, 3.63) is 0 Å². The van der Waals surface area contributed by atoms with E-state index in [1.807, 2.05) is 4.90 Å². The number of rotatable bonds is 2. The molecule has 4 heteroatoms. The summed E-state index contributed by atoms with van der Waals surface area (Å²) in [5.41, 5.74) is 5.48.